The molecule has 1 aromatic carbocycles. The molecule has 0 amide bonds. The van der Waals surface area contributed by atoms with E-state index >= 15 is 0 Å². The largest absolute Gasteiger partial charge is 0.467 e. The molecule has 0 bridgehead atoms. The van der Waals surface area contributed by atoms with Crippen LogP contribution in [-0.4, -0.2) is 30.3 Å². The van der Waals surface area contributed by atoms with E-state index in [4.69, 9.17) is 4.74 Å². The summed E-state index contributed by atoms with van der Waals surface area (Å²) >= 11 is 0. The monoisotopic (exact) mass is 392 g/mol. The number of nitrogens with one attached hydrogen (secondary N) is 1. The zero-order valence-corrected chi connectivity index (χ0v) is 15.2. The van der Waals surface area contributed by atoms with Gasteiger partial charge < -0.3 is 4.74 Å². The standard InChI is InChI=1S/C15H19F3N4O3S/c1-4-22-13(19-20-14(22)25-3)10(2)21-26(23,24)9-11-5-7-12(8-6-11)15(16,17)18/h5-8,10,21H,4,9H2,1-3H3/t10-/m1/s1. The highest BCUT2D eigenvalue weighted by Gasteiger charge is 2.30. The molecule has 26 heavy (non-hydrogen) atoms. The van der Waals surface area contributed by atoms with E-state index in [9.17, 15) is 21.6 Å². The average Bonchev–Trinajstić information content (AvgIpc) is 2.96. The lowest BCUT2D eigenvalue weighted by atomic mass is 10.1. The van der Waals surface area contributed by atoms with Crippen molar-refractivity contribution in [2.24, 2.45) is 0 Å². The number of hydrogen-bond acceptors (Lipinski definition) is 5. The van der Waals surface area contributed by atoms with Crippen molar-refractivity contribution in [1.82, 2.24) is 19.5 Å². The first-order valence-electron chi connectivity index (χ1n) is 7.70. The van der Waals surface area contributed by atoms with Gasteiger partial charge >= 0.3 is 12.2 Å². The molecule has 0 saturated carbocycles. The summed E-state index contributed by atoms with van der Waals surface area (Å²) in [5, 5.41) is 7.75. The van der Waals surface area contributed by atoms with E-state index in [1.54, 1.807) is 11.5 Å². The second-order valence-electron chi connectivity index (χ2n) is 5.58. The molecule has 0 aliphatic rings. The van der Waals surface area contributed by atoms with Crippen LogP contribution in [0.2, 0.25) is 0 Å². The number of alkyl halides is 3. The van der Waals surface area contributed by atoms with Gasteiger partial charge in [0, 0.05) is 6.54 Å². The van der Waals surface area contributed by atoms with Gasteiger partial charge in [0.1, 0.15) is 0 Å². The molecule has 0 unspecified atom stereocenters. The smallest absolute Gasteiger partial charge is 0.416 e. The molecule has 1 heterocycles. The van der Waals surface area contributed by atoms with Crippen LogP contribution in [0.5, 0.6) is 6.01 Å². The maximum atomic E-state index is 12.6. The van der Waals surface area contributed by atoms with Crippen molar-refractivity contribution in [2.75, 3.05) is 7.11 Å². The van der Waals surface area contributed by atoms with Crippen molar-refractivity contribution in [3.8, 4) is 6.01 Å². The fourth-order valence-electron chi connectivity index (χ4n) is 2.44. The zero-order chi connectivity index (χ0) is 19.5. The van der Waals surface area contributed by atoms with Crippen molar-refractivity contribution in [3.05, 3.63) is 41.2 Å². The minimum absolute atomic E-state index is 0.243. The lowest BCUT2D eigenvalue weighted by molar-refractivity contribution is -0.137. The third-order valence-electron chi connectivity index (χ3n) is 3.63. The number of halogens is 3. The molecular weight excluding hydrogens is 373 g/mol. The van der Waals surface area contributed by atoms with Crippen LogP contribution in [0.1, 0.15) is 36.8 Å². The molecular formula is C15H19F3N4O3S. The Bertz CT molecular complexity index is 848. The Morgan fingerprint density at radius 1 is 1.23 bits per heavy atom. The Morgan fingerprint density at radius 2 is 1.85 bits per heavy atom. The Hall–Kier alpha value is -2.14. The van der Waals surface area contributed by atoms with Gasteiger partial charge in [0.25, 0.3) is 0 Å². The van der Waals surface area contributed by atoms with Gasteiger partial charge in [0.05, 0.1) is 24.5 Å². The maximum Gasteiger partial charge on any atom is 0.416 e. The van der Waals surface area contributed by atoms with Crippen molar-refractivity contribution in [1.29, 1.82) is 0 Å². The summed E-state index contributed by atoms with van der Waals surface area (Å²) in [5.41, 5.74) is -0.588. The van der Waals surface area contributed by atoms with Crippen LogP contribution < -0.4 is 9.46 Å². The van der Waals surface area contributed by atoms with E-state index in [-0.39, 0.29) is 11.6 Å². The van der Waals surface area contributed by atoms with Crippen LogP contribution in [0.15, 0.2) is 24.3 Å². The number of methoxy groups -OCH3 is 1. The molecule has 144 valence electrons. The van der Waals surface area contributed by atoms with Crippen LogP contribution in [0, 0.1) is 0 Å². The van der Waals surface area contributed by atoms with E-state index < -0.39 is 33.6 Å². The number of ether oxygens (including phenoxy) is 1. The Kier molecular flexibility index (Phi) is 5.91. The zero-order valence-electron chi connectivity index (χ0n) is 14.4. The van der Waals surface area contributed by atoms with Gasteiger partial charge in [0.2, 0.25) is 10.0 Å². The van der Waals surface area contributed by atoms with Crippen molar-refractivity contribution in [2.45, 2.75) is 38.4 Å². The minimum atomic E-state index is -4.46. The van der Waals surface area contributed by atoms with Crippen LogP contribution in [0.3, 0.4) is 0 Å². The third kappa shape index (κ3) is 4.73. The molecule has 2 aromatic rings. The quantitative estimate of drug-likeness (QED) is 0.783. The Morgan fingerprint density at radius 3 is 2.35 bits per heavy atom. The predicted octanol–water partition coefficient (Wildman–Crippen LogP) is 2.51. The molecule has 0 saturated heterocycles. The van der Waals surface area contributed by atoms with E-state index in [1.165, 1.54) is 7.11 Å². The molecule has 1 N–H and O–H groups in total. The Balaban J connectivity index is 2.12. The number of rotatable bonds is 7. The van der Waals surface area contributed by atoms with E-state index in [0.29, 0.717) is 12.4 Å². The van der Waals surface area contributed by atoms with Gasteiger partial charge in [-0.3, -0.25) is 4.57 Å². The molecule has 11 heteroatoms. The molecule has 0 spiro atoms. The summed E-state index contributed by atoms with van der Waals surface area (Å²) < 4.78 is 71.4. The van der Waals surface area contributed by atoms with Gasteiger partial charge in [-0.15, -0.1) is 5.10 Å². The summed E-state index contributed by atoms with van der Waals surface area (Å²) in [6, 6.07) is 3.57. The number of nitrogens with zero attached hydrogens (tertiary/aromatic N) is 3. The lowest BCUT2D eigenvalue weighted by Crippen LogP contribution is -2.30. The fourth-order valence-corrected chi connectivity index (χ4v) is 3.80. The SMILES string of the molecule is CCn1c(OC)nnc1[C@@H](C)NS(=O)(=O)Cc1ccc(C(F)(F)F)cc1. The molecule has 1 aromatic heterocycles. The topological polar surface area (TPSA) is 86.1 Å². The normalized spacial score (nSPS) is 13.6. The fraction of sp³-hybridized carbons (Fsp3) is 0.467. The third-order valence-corrected chi connectivity index (χ3v) is 5.05. The number of hydrogen-bond donors (Lipinski definition) is 1. The number of sulfonamides is 1. The number of benzene rings is 1. The molecule has 0 aliphatic heterocycles. The predicted molar refractivity (Wildman–Crippen MR) is 87.9 cm³/mol. The minimum Gasteiger partial charge on any atom is -0.467 e. The summed E-state index contributed by atoms with van der Waals surface area (Å²) in [6.07, 6.45) is -4.46. The van der Waals surface area contributed by atoms with Crippen LogP contribution >= 0.6 is 0 Å². The second kappa shape index (κ2) is 7.62. The number of aromatic nitrogens is 3. The van der Waals surface area contributed by atoms with Gasteiger partial charge in [0.15, 0.2) is 5.82 Å². The highest BCUT2D eigenvalue weighted by atomic mass is 32.2. The van der Waals surface area contributed by atoms with Crippen LogP contribution in [0.25, 0.3) is 0 Å². The summed E-state index contributed by atoms with van der Waals surface area (Å²) in [7, 11) is -2.38. The average molecular weight is 392 g/mol. The summed E-state index contributed by atoms with van der Waals surface area (Å²) in [5.74, 6) is -0.0762. The van der Waals surface area contributed by atoms with Crippen LogP contribution in [0.4, 0.5) is 13.2 Å². The molecule has 1 atom stereocenters. The van der Waals surface area contributed by atoms with Crippen molar-refractivity contribution < 1.29 is 26.3 Å². The maximum absolute atomic E-state index is 12.6. The van der Waals surface area contributed by atoms with E-state index in [2.05, 4.69) is 14.9 Å². The highest BCUT2D eigenvalue weighted by Crippen LogP contribution is 2.29. The van der Waals surface area contributed by atoms with Gasteiger partial charge in [-0.25, -0.2) is 13.1 Å². The molecule has 2 rings (SSSR count). The first-order valence-corrected chi connectivity index (χ1v) is 9.36. The van der Waals surface area contributed by atoms with Crippen LogP contribution in [-0.2, 0) is 28.5 Å². The van der Waals surface area contributed by atoms with E-state index in [1.807, 2.05) is 6.92 Å². The first-order chi connectivity index (χ1) is 12.1. The molecule has 0 radical (unpaired) electrons. The lowest BCUT2D eigenvalue weighted by Gasteiger charge is -2.15. The molecule has 0 aliphatic carbocycles. The first kappa shape index (κ1) is 20.2. The Labute approximate surface area is 149 Å². The van der Waals surface area contributed by atoms with Crippen molar-refractivity contribution >= 4 is 10.0 Å². The molecule has 7 nitrogen and oxygen atoms in total. The van der Waals surface area contributed by atoms with Gasteiger partial charge in [-0.1, -0.05) is 17.2 Å². The van der Waals surface area contributed by atoms with E-state index in [0.717, 1.165) is 24.3 Å². The summed E-state index contributed by atoms with van der Waals surface area (Å²) in [6.45, 7) is 3.91. The summed E-state index contributed by atoms with van der Waals surface area (Å²) in [4.78, 5) is 0. The second-order valence-corrected chi connectivity index (χ2v) is 7.34. The van der Waals surface area contributed by atoms with Gasteiger partial charge in [-0.2, -0.15) is 13.2 Å². The van der Waals surface area contributed by atoms with Crippen molar-refractivity contribution in [3.63, 3.8) is 0 Å². The highest BCUT2D eigenvalue weighted by molar-refractivity contribution is 7.88. The van der Waals surface area contributed by atoms with Gasteiger partial charge in [-0.05, 0) is 31.5 Å². The molecule has 0 fully saturated rings.